The van der Waals surface area contributed by atoms with Crippen molar-refractivity contribution in [2.45, 2.75) is 26.7 Å². The van der Waals surface area contributed by atoms with Crippen LogP contribution in [-0.4, -0.2) is 32.0 Å². The van der Waals surface area contributed by atoms with Gasteiger partial charge in [-0.1, -0.05) is 6.92 Å². The van der Waals surface area contributed by atoms with Crippen molar-refractivity contribution in [1.82, 2.24) is 5.32 Å². The van der Waals surface area contributed by atoms with E-state index in [0.29, 0.717) is 30.2 Å². The van der Waals surface area contributed by atoms with Gasteiger partial charge < -0.3 is 14.8 Å². The third-order valence-corrected chi connectivity index (χ3v) is 2.55. The molecule has 0 aromatic heterocycles. The third kappa shape index (κ3) is 5.30. The molecule has 0 heterocycles. The average Bonchev–Trinajstić information content (AvgIpc) is 2.45. The fourth-order valence-electron chi connectivity index (χ4n) is 1.59. The lowest BCUT2D eigenvalue weighted by Crippen LogP contribution is -2.24. The number of amides is 1. The van der Waals surface area contributed by atoms with Crippen LogP contribution in [0.15, 0.2) is 18.2 Å². The zero-order valence-electron chi connectivity index (χ0n) is 12.0. The molecule has 0 aliphatic heterocycles. The van der Waals surface area contributed by atoms with Crippen molar-refractivity contribution in [2.24, 2.45) is 0 Å². The highest BCUT2D eigenvalue weighted by Gasteiger charge is 2.07. The van der Waals surface area contributed by atoms with Gasteiger partial charge in [0.15, 0.2) is 6.29 Å². The van der Waals surface area contributed by atoms with Crippen LogP contribution >= 0.6 is 0 Å². The first-order valence-corrected chi connectivity index (χ1v) is 6.82. The summed E-state index contributed by atoms with van der Waals surface area (Å²) in [7, 11) is 0. The van der Waals surface area contributed by atoms with Gasteiger partial charge in [0.25, 0.3) is 0 Å². The lowest BCUT2D eigenvalue weighted by Gasteiger charge is -2.11. The Hall–Kier alpha value is -2.04. The molecule has 1 aromatic carbocycles. The Morgan fingerprint density at radius 1 is 1.25 bits per heavy atom. The van der Waals surface area contributed by atoms with E-state index in [1.165, 1.54) is 0 Å². The van der Waals surface area contributed by atoms with Crippen LogP contribution in [0.25, 0.3) is 0 Å². The summed E-state index contributed by atoms with van der Waals surface area (Å²) >= 11 is 0. The van der Waals surface area contributed by atoms with Gasteiger partial charge >= 0.3 is 0 Å². The monoisotopic (exact) mass is 279 g/mol. The minimum absolute atomic E-state index is 0.0708. The Balaban J connectivity index is 2.61. The maximum absolute atomic E-state index is 11.3. The number of rotatable bonds is 9. The van der Waals surface area contributed by atoms with Crippen LogP contribution in [0, 0.1) is 0 Å². The molecule has 0 radical (unpaired) electrons. The molecular weight excluding hydrogens is 258 g/mol. The van der Waals surface area contributed by atoms with Crippen LogP contribution in [0.5, 0.6) is 11.5 Å². The summed E-state index contributed by atoms with van der Waals surface area (Å²) in [6.07, 6.45) is 1.89. The van der Waals surface area contributed by atoms with Crippen molar-refractivity contribution < 1.29 is 19.1 Å². The second-order valence-electron chi connectivity index (χ2n) is 4.22. The summed E-state index contributed by atoms with van der Waals surface area (Å²) < 4.78 is 11.0. The molecule has 0 saturated carbocycles. The first-order valence-electron chi connectivity index (χ1n) is 6.82. The molecule has 5 heteroatoms. The summed E-state index contributed by atoms with van der Waals surface area (Å²) in [5.74, 6) is 1.03. The molecule has 1 aromatic rings. The normalized spacial score (nSPS) is 9.90. The second kappa shape index (κ2) is 8.96. The molecule has 0 unspecified atom stereocenters. The second-order valence-corrected chi connectivity index (χ2v) is 4.22. The summed E-state index contributed by atoms with van der Waals surface area (Å²) in [6.45, 7) is 5.31. The molecule has 0 atom stereocenters. The van der Waals surface area contributed by atoms with Crippen molar-refractivity contribution in [2.75, 3.05) is 19.8 Å². The first kappa shape index (κ1) is 16.0. The van der Waals surface area contributed by atoms with E-state index in [2.05, 4.69) is 5.32 Å². The Labute approximate surface area is 119 Å². The predicted octanol–water partition coefficient (Wildman–Crippen LogP) is 2.19. The summed E-state index contributed by atoms with van der Waals surface area (Å²) in [4.78, 5) is 22.3. The minimum atomic E-state index is -0.0708. The lowest BCUT2D eigenvalue weighted by atomic mass is 10.2. The number of benzene rings is 1. The molecular formula is C15H21NO4. The van der Waals surface area contributed by atoms with Gasteiger partial charge in [0.1, 0.15) is 11.5 Å². The first-order chi connectivity index (χ1) is 9.71. The maximum atomic E-state index is 11.3. The fraction of sp³-hybridized carbons (Fsp3) is 0.467. The molecule has 0 saturated heterocycles. The molecule has 0 spiro atoms. The van der Waals surface area contributed by atoms with E-state index >= 15 is 0 Å². The fourth-order valence-corrected chi connectivity index (χ4v) is 1.59. The molecule has 0 bridgehead atoms. The number of hydrogen-bond acceptors (Lipinski definition) is 4. The van der Waals surface area contributed by atoms with Crippen LogP contribution in [0.2, 0.25) is 0 Å². The molecule has 1 N–H and O–H groups in total. The van der Waals surface area contributed by atoms with Gasteiger partial charge in [0.2, 0.25) is 5.91 Å². The van der Waals surface area contributed by atoms with E-state index in [4.69, 9.17) is 9.47 Å². The van der Waals surface area contributed by atoms with E-state index in [-0.39, 0.29) is 18.9 Å². The van der Waals surface area contributed by atoms with Crippen LogP contribution in [0.1, 0.15) is 37.0 Å². The molecule has 0 aliphatic rings. The number of nitrogens with one attached hydrogen (secondary N) is 1. The predicted molar refractivity (Wildman–Crippen MR) is 76.4 cm³/mol. The van der Waals surface area contributed by atoms with Crippen molar-refractivity contribution >= 4 is 12.2 Å². The topological polar surface area (TPSA) is 64.6 Å². The van der Waals surface area contributed by atoms with E-state index < -0.39 is 0 Å². The van der Waals surface area contributed by atoms with Crippen LogP contribution in [-0.2, 0) is 4.79 Å². The van der Waals surface area contributed by atoms with Gasteiger partial charge in [-0.15, -0.1) is 0 Å². The van der Waals surface area contributed by atoms with Gasteiger partial charge in [-0.3, -0.25) is 9.59 Å². The highest BCUT2D eigenvalue weighted by Crippen LogP contribution is 2.24. The molecule has 0 aliphatic carbocycles. The van der Waals surface area contributed by atoms with Gasteiger partial charge in [-0.25, -0.2) is 0 Å². The Morgan fingerprint density at radius 2 is 2.05 bits per heavy atom. The Kier molecular flexibility index (Phi) is 7.17. The van der Waals surface area contributed by atoms with Crippen LogP contribution in [0.3, 0.4) is 0 Å². The van der Waals surface area contributed by atoms with Gasteiger partial charge in [-0.05, 0) is 25.5 Å². The zero-order valence-corrected chi connectivity index (χ0v) is 12.0. The molecule has 20 heavy (non-hydrogen) atoms. The molecule has 5 nitrogen and oxygen atoms in total. The SMILES string of the molecule is CCCOc1ccc(C=O)c(OCCC(=O)NCC)c1. The quantitative estimate of drug-likeness (QED) is 0.704. The number of aldehydes is 1. The van der Waals surface area contributed by atoms with E-state index in [9.17, 15) is 9.59 Å². The summed E-state index contributed by atoms with van der Waals surface area (Å²) in [5, 5.41) is 2.69. The van der Waals surface area contributed by atoms with Crippen molar-refractivity contribution in [3.8, 4) is 11.5 Å². The highest BCUT2D eigenvalue weighted by atomic mass is 16.5. The number of carbonyl (C=O) groups is 2. The van der Waals surface area contributed by atoms with Crippen LogP contribution in [0.4, 0.5) is 0 Å². The molecule has 0 fully saturated rings. The average molecular weight is 279 g/mol. The van der Waals surface area contributed by atoms with E-state index in [1.807, 2.05) is 13.8 Å². The molecule has 1 amide bonds. The summed E-state index contributed by atoms with van der Waals surface area (Å²) in [5.41, 5.74) is 0.449. The zero-order chi connectivity index (χ0) is 14.8. The summed E-state index contributed by atoms with van der Waals surface area (Å²) in [6, 6.07) is 5.06. The Morgan fingerprint density at radius 3 is 2.70 bits per heavy atom. The smallest absolute Gasteiger partial charge is 0.223 e. The molecule has 110 valence electrons. The van der Waals surface area contributed by atoms with Crippen molar-refractivity contribution in [3.05, 3.63) is 23.8 Å². The lowest BCUT2D eigenvalue weighted by molar-refractivity contribution is -0.121. The third-order valence-electron chi connectivity index (χ3n) is 2.55. The number of ether oxygens (including phenoxy) is 2. The van der Waals surface area contributed by atoms with Crippen molar-refractivity contribution in [3.63, 3.8) is 0 Å². The van der Waals surface area contributed by atoms with Crippen molar-refractivity contribution in [1.29, 1.82) is 0 Å². The number of hydrogen-bond donors (Lipinski definition) is 1. The largest absolute Gasteiger partial charge is 0.493 e. The van der Waals surface area contributed by atoms with E-state index in [0.717, 1.165) is 12.7 Å². The van der Waals surface area contributed by atoms with Gasteiger partial charge in [-0.2, -0.15) is 0 Å². The molecule has 1 rings (SSSR count). The highest BCUT2D eigenvalue weighted by molar-refractivity contribution is 5.80. The van der Waals surface area contributed by atoms with Gasteiger partial charge in [0, 0.05) is 12.6 Å². The maximum Gasteiger partial charge on any atom is 0.223 e. The number of carbonyl (C=O) groups excluding carboxylic acids is 2. The van der Waals surface area contributed by atoms with Gasteiger partial charge in [0.05, 0.1) is 25.2 Å². The van der Waals surface area contributed by atoms with Crippen LogP contribution < -0.4 is 14.8 Å². The Bertz CT molecular complexity index is 445. The van der Waals surface area contributed by atoms with E-state index in [1.54, 1.807) is 18.2 Å². The standard InChI is InChI=1S/C15H21NO4/c1-3-8-19-13-6-5-12(11-17)14(10-13)20-9-7-15(18)16-4-2/h5-6,10-11H,3-4,7-9H2,1-2H3,(H,16,18). The minimum Gasteiger partial charge on any atom is -0.493 e.